The fourth-order valence-electron chi connectivity index (χ4n) is 3.25. The zero-order valence-corrected chi connectivity index (χ0v) is 17.4. The van der Waals surface area contributed by atoms with Gasteiger partial charge in [0.2, 0.25) is 0 Å². The Hall–Kier alpha value is -3.57. The highest BCUT2D eigenvalue weighted by Crippen LogP contribution is 2.15. The molecular weight excluding hydrogens is 388 g/mol. The van der Waals surface area contributed by atoms with Crippen molar-refractivity contribution in [2.45, 2.75) is 25.0 Å². The summed E-state index contributed by atoms with van der Waals surface area (Å²) in [6.07, 6.45) is -0.358. The van der Waals surface area contributed by atoms with Gasteiger partial charge < -0.3 is 15.2 Å². The lowest BCUT2D eigenvalue weighted by molar-refractivity contribution is 0.0905. The minimum absolute atomic E-state index is 0.102. The van der Waals surface area contributed by atoms with Crippen molar-refractivity contribution in [3.8, 4) is 0 Å². The van der Waals surface area contributed by atoms with Crippen LogP contribution in [0, 0.1) is 0 Å². The van der Waals surface area contributed by atoms with E-state index < -0.39 is 12.2 Å². The van der Waals surface area contributed by atoms with Crippen LogP contribution in [0.15, 0.2) is 97.6 Å². The molecule has 3 aromatic carbocycles. The third-order valence-electron chi connectivity index (χ3n) is 4.91. The van der Waals surface area contributed by atoms with E-state index in [4.69, 9.17) is 4.74 Å². The molecule has 0 aliphatic rings. The van der Waals surface area contributed by atoms with E-state index in [9.17, 15) is 9.90 Å². The molecule has 2 unspecified atom stereocenters. The first kappa shape index (κ1) is 22.1. The Kier molecular flexibility index (Phi) is 8.26. The van der Waals surface area contributed by atoms with Crippen molar-refractivity contribution < 1.29 is 14.6 Å². The fourth-order valence-corrected chi connectivity index (χ4v) is 3.25. The van der Waals surface area contributed by atoms with Crippen molar-refractivity contribution in [2.24, 2.45) is 0 Å². The van der Waals surface area contributed by atoms with E-state index in [2.05, 4.69) is 17.2 Å². The topological polar surface area (TPSA) is 70.6 Å². The van der Waals surface area contributed by atoms with E-state index in [-0.39, 0.29) is 12.6 Å². The Morgan fingerprint density at radius 2 is 1.48 bits per heavy atom. The monoisotopic (exact) mass is 416 g/mol. The Morgan fingerprint density at radius 3 is 2.13 bits per heavy atom. The van der Waals surface area contributed by atoms with Crippen LogP contribution < -0.4 is 10.6 Å². The number of hydrogen-bond acceptors (Lipinski definition) is 4. The zero-order chi connectivity index (χ0) is 21.9. The summed E-state index contributed by atoms with van der Waals surface area (Å²) >= 11 is 0. The van der Waals surface area contributed by atoms with Crippen molar-refractivity contribution in [1.29, 1.82) is 0 Å². The second-order valence-corrected chi connectivity index (χ2v) is 7.27. The first-order valence-corrected chi connectivity index (χ1v) is 10.3. The van der Waals surface area contributed by atoms with Crippen molar-refractivity contribution in [3.05, 3.63) is 109 Å². The lowest BCUT2D eigenvalue weighted by Gasteiger charge is -2.26. The van der Waals surface area contributed by atoms with E-state index in [0.29, 0.717) is 18.5 Å². The summed E-state index contributed by atoms with van der Waals surface area (Å²) in [6, 6.07) is 28.6. The largest absolute Gasteiger partial charge is 0.449 e. The highest BCUT2D eigenvalue weighted by molar-refractivity contribution is 5.84. The van der Waals surface area contributed by atoms with Crippen molar-refractivity contribution in [1.82, 2.24) is 5.32 Å². The van der Waals surface area contributed by atoms with Crippen molar-refractivity contribution in [3.63, 3.8) is 0 Å². The van der Waals surface area contributed by atoms with Crippen LogP contribution in [0.1, 0.15) is 17.5 Å². The molecular formula is C26H28N2O3. The molecule has 0 saturated carbocycles. The van der Waals surface area contributed by atoms with Gasteiger partial charge in [-0.25, -0.2) is 4.79 Å². The minimum Gasteiger partial charge on any atom is -0.449 e. The van der Waals surface area contributed by atoms with Gasteiger partial charge >= 0.3 is 6.09 Å². The maximum absolute atomic E-state index is 12.0. The number of nitrogens with one attached hydrogen (secondary N) is 2. The Bertz CT molecular complexity index is 946. The van der Waals surface area contributed by atoms with E-state index in [1.54, 1.807) is 12.1 Å². The molecule has 5 heteroatoms. The van der Waals surface area contributed by atoms with Crippen LogP contribution in [0.3, 0.4) is 0 Å². The van der Waals surface area contributed by atoms with Gasteiger partial charge in [-0.2, -0.15) is 0 Å². The van der Waals surface area contributed by atoms with Gasteiger partial charge in [0.05, 0.1) is 18.8 Å². The zero-order valence-electron chi connectivity index (χ0n) is 17.4. The van der Waals surface area contributed by atoms with Crippen LogP contribution in [0.2, 0.25) is 0 Å². The van der Waals surface area contributed by atoms with Crippen LogP contribution in [0.4, 0.5) is 10.5 Å². The number of ether oxygens (including phenoxy) is 1. The van der Waals surface area contributed by atoms with Crippen molar-refractivity contribution >= 4 is 17.5 Å². The summed E-state index contributed by atoms with van der Waals surface area (Å²) in [5.41, 5.74) is 3.47. The lowest BCUT2D eigenvalue weighted by atomic mass is 9.98. The normalized spacial score (nSPS) is 12.4. The second kappa shape index (κ2) is 11.6. The van der Waals surface area contributed by atoms with Gasteiger partial charge in [-0.3, -0.25) is 5.32 Å². The standard InChI is InChI=1S/C26H28N2O3/c1-20(22-13-7-3-8-14-22)27-24(19-21-11-5-2-6-12-21)25(29)17-18-31-26(30)28-23-15-9-4-10-16-23/h2-16,24-25,27,29H,1,17-19H2,(H,28,30). The van der Waals surface area contributed by atoms with Crippen LogP contribution >= 0.6 is 0 Å². The van der Waals surface area contributed by atoms with Gasteiger partial charge in [0, 0.05) is 17.8 Å². The number of aliphatic hydroxyl groups excluding tert-OH is 1. The predicted octanol–water partition coefficient (Wildman–Crippen LogP) is 4.86. The van der Waals surface area contributed by atoms with Gasteiger partial charge in [-0.05, 0) is 29.7 Å². The summed E-state index contributed by atoms with van der Waals surface area (Å²) < 4.78 is 5.25. The number of rotatable bonds is 10. The van der Waals surface area contributed by atoms with Crippen LogP contribution in [0.5, 0.6) is 0 Å². The Labute approximate surface area is 183 Å². The van der Waals surface area contributed by atoms with Gasteiger partial charge in [-0.15, -0.1) is 0 Å². The third kappa shape index (κ3) is 7.32. The van der Waals surface area contributed by atoms with E-state index in [0.717, 1.165) is 16.8 Å². The van der Waals surface area contributed by atoms with E-state index in [1.165, 1.54) is 0 Å². The average molecular weight is 417 g/mol. The quantitative estimate of drug-likeness (QED) is 0.442. The fraction of sp³-hybridized carbons (Fsp3) is 0.192. The molecule has 5 nitrogen and oxygen atoms in total. The number of carbonyl (C=O) groups excluding carboxylic acids is 1. The highest BCUT2D eigenvalue weighted by atomic mass is 16.5. The summed E-state index contributed by atoms with van der Waals surface area (Å²) in [5, 5.41) is 16.9. The molecule has 0 aromatic heterocycles. The summed E-state index contributed by atoms with van der Waals surface area (Å²) in [4.78, 5) is 12.0. The SMILES string of the molecule is C=C(NC(Cc1ccccc1)C(O)CCOC(=O)Nc1ccccc1)c1ccccc1. The molecule has 0 spiro atoms. The molecule has 0 fully saturated rings. The second-order valence-electron chi connectivity index (χ2n) is 7.27. The minimum atomic E-state index is -0.731. The molecule has 0 saturated heterocycles. The number of amides is 1. The van der Waals surface area contributed by atoms with E-state index in [1.807, 2.05) is 78.9 Å². The molecule has 0 aliphatic heterocycles. The smallest absolute Gasteiger partial charge is 0.411 e. The lowest BCUT2D eigenvalue weighted by Crippen LogP contribution is -2.41. The molecule has 0 radical (unpaired) electrons. The van der Waals surface area contributed by atoms with Crippen molar-refractivity contribution in [2.75, 3.05) is 11.9 Å². The molecule has 2 atom stereocenters. The van der Waals surface area contributed by atoms with Crippen LogP contribution in [-0.4, -0.2) is 30.0 Å². The maximum Gasteiger partial charge on any atom is 0.411 e. The number of para-hydroxylation sites is 1. The maximum atomic E-state index is 12.0. The number of benzene rings is 3. The van der Waals surface area contributed by atoms with Gasteiger partial charge in [0.25, 0.3) is 0 Å². The average Bonchev–Trinajstić information content (AvgIpc) is 2.80. The van der Waals surface area contributed by atoms with Gasteiger partial charge in [0.1, 0.15) is 0 Å². The third-order valence-corrected chi connectivity index (χ3v) is 4.91. The Morgan fingerprint density at radius 1 is 0.903 bits per heavy atom. The molecule has 0 aliphatic carbocycles. The Balaban J connectivity index is 1.56. The summed E-state index contributed by atoms with van der Waals surface area (Å²) in [6.45, 7) is 4.23. The summed E-state index contributed by atoms with van der Waals surface area (Å²) in [5.74, 6) is 0. The number of hydrogen-bond donors (Lipinski definition) is 3. The van der Waals surface area contributed by atoms with Crippen LogP contribution in [-0.2, 0) is 11.2 Å². The molecule has 3 rings (SSSR count). The molecule has 0 heterocycles. The van der Waals surface area contributed by atoms with Gasteiger partial charge in [0.15, 0.2) is 0 Å². The van der Waals surface area contributed by atoms with E-state index >= 15 is 0 Å². The number of anilines is 1. The predicted molar refractivity (Wildman–Crippen MR) is 125 cm³/mol. The molecule has 3 aromatic rings. The number of carbonyl (C=O) groups is 1. The van der Waals surface area contributed by atoms with Crippen LogP contribution in [0.25, 0.3) is 5.70 Å². The summed E-state index contributed by atoms with van der Waals surface area (Å²) in [7, 11) is 0. The molecule has 160 valence electrons. The molecule has 0 bridgehead atoms. The van der Waals surface area contributed by atoms with Gasteiger partial charge in [-0.1, -0.05) is 85.4 Å². The molecule has 3 N–H and O–H groups in total. The number of aliphatic hydroxyl groups is 1. The highest BCUT2D eigenvalue weighted by Gasteiger charge is 2.21. The first-order chi connectivity index (χ1) is 15.1. The first-order valence-electron chi connectivity index (χ1n) is 10.3. The molecule has 31 heavy (non-hydrogen) atoms. The molecule has 1 amide bonds.